The molecule has 2 aromatic heterocycles. The summed E-state index contributed by atoms with van der Waals surface area (Å²) < 4.78 is 7.53. The maximum Gasteiger partial charge on any atom is 0.272 e. The second kappa shape index (κ2) is 7.81. The molecule has 3 rings (SSSR count). The molecule has 0 aliphatic rings. The Morgan fingerprint density at radius 2 is 2.08 bits per heavy atom. The van der Waals surface area contributed by atoms with Gasteiger partial charge in [0.05, 0.1) is 29.6 Å². The molecule has 0 aliphatic carbocycles. The van der Waals surface area contributed by atoms with Gasteiger partial charge in [0.15, 0.2) is 0 Å². The number of amides is 1. The van der Waals surface area contributed by atoms with Crippen molar-refractivity contribution in [2.24, 2.45) is 5.10 Å². The minimum absolute atomic E-state index is 0.277. The molecule has 0 saturated carbocycles. The fraction of sp³-hybridized carbons (Fsp3) is 0.158. The highest BCUT2D eigenvalue weighted by atomic mass is 35.5. The van der Waals surface area contributed by atoms with Gasteiger partial charge in [-0.3, -0.25) is 4.79 Å². The molecule has 0 aliphatic heterocycles. The average molecular weight is 390 g/mol. The second-order valence-electron chi connectivity index (χ2n) is 5.82. The van der Waals surface area contributed by atoms with E-state index in [1.807, 2.05) is 32.0 Å². The number of aryl methyl sites for hydroxylation is 1. The molecule has 7 heteroatoms. The van der Waals surface area contributed by atoms with E-state index in [2.05, 4.69) is 15.1 Å². The Morgan fingerprint density at radius 1 is 1.27 bits per heavy atom. The van der Waals surface area contributed by atoms with Gasteiger partial charge in [-0.25, -0.2) is 5.43 Å². The van der Waals surface area contributed by atoms with E-state index in [0.29, 0.717) is 16.6 Å². The second-order valence-corrected chi connectivity index (χ2v) is 6.66. The lowest BCUT2D eigenvalue weighted by Crippen LogP contribution is -2.18. The number of carbonyl (C=O) groups excluding carboxylic acids is 1. The zero-order valence-corrected chi connectivity index (χ0v) is 15.8. The van der Waals surface area contributed by atoms with Gasteiger partial charge in [0, 0.05) is 22.0 Å². The Bertz CT molecular complexity index is 960. The lowest BCUT2D eigenvalue weighted by Gasteiger charge is -2.07. The van der Waals surface area contributed by atoms with Crippen LogP contribution in [0, 0.1) is 13.8 Å². The number of nitrogens with zero attached hydrogens (tertiary/aromatic N) is 2. The van der Waals surface area contributed by atoms with Crippen LogP contribution in [0.1, 0.15) is 33.1 Å². The lowest BCUT2D eigenvalue weighted by atomic mass is 10.2. The van der Waals surface area contributed by atoms with Gasteiger partial charge in [-0.15, -0.1) is 0 Å². The van der Waals surface area contributed by atoms with Gasteiger partial charge in [0.1, 0.15) is 5.76 Å². The van der Waals surface area contributed by atoms with Crippen LogP contribution < -0.4 is 5.43 Å². The summed E-state index contributed by atoms with van der Waals surface area (Å²) in [5.74, 6) is 0.456. The van der Waals surface area contributed by atoms with Gasteiger partial charge in [-0.05, 0) is 50.2 Å². The van der Waals surface area contributed by atoms with E-state index in [4.69, 9.17) is 27.6 Å². The number of aromatic nitrogens is 1. The monoisotopic (exact) mass is 389 g/mol. The van der Waals surface area contributed by atoms with E-state index in [-0.39, 0.29) is 5.56 Å². The first kappa shape index (κ1) is 18.3. The maximum absolute atomic E-state index is 12.2. The Labute approximate surface area is 161 Å². The average Bonchev–Trinajstić information content (AvgIpc) is 3.21. The first-order valence-corrected chi connectivity index (χ1v) is 8.69. The number of furan rings is 1. The Morgan fingerprint density at radius 3 is 2.81 bits per heavy atom. The molecular weight excluding hydrogens is 373 g/mol. The first-order chi connectivity index (χ1) is 12.5. The predicted molar refractivity (Wildman–Crippen MR) is 103 cm³/mol. The molecule has 134 valence electrons. The number of rotatable bonds is 5. The van der Waals surface area contributed by atoms with Crippen LogP contribution >= 0.6 is 23.2 Å². The Kier molecular flexibility index (Phi) is 5.49. The summed E-state index contributed by atoms with van der Waals surface area (Å²) in [7, 11) is 0. The number of nitrogens with one attached hydrogen (secondary N) is 1. The molecule has 0 fully saturated rings. The van der Waals surface area contributed by atoms with Crippen LogP contribution in [0.2, 0.25) is 10.0 Å². The molecule has 1 amide bonds. The third kappa shape index (κ3) is 4.00. The normalized spacial score (nSPS) is 11.2. The fourth-order valence-electron chi connectivity index (χ4n) is 2.65. The number of carbonyl (C=O) groups is 1. The SMILES string of the molecule is Cc1cc(/C=N\NC(=O)c2cc(Cl)ccc2Cl)c(C)n1Cc1ccco1. The standard InChI is InChI=1S/C19H17Cl2N3O2/c1-12-8-14(13(2)24(12)11-16-4-3-7-26-16)10-22-23-19(25)17-9-15(20)5-6-18(17)21/h3-10H,11H2,1-2H3,(H,23,25)/b22-10-. The molecule has 0 radical (unpaired) electrons. The molecule has 0 unspecified atom stereocenters. The van der Waals surface area contributed by atoms with Crippen molar-refractivity contribution in [3.8, 4) is 0 Å². The summed E-state index contributed by atoms with van der Waals surface area (Å²) in [5.41, 5.74) is 5.76. The summed E-state index contributed by atoms with van der Waals surface area (Å²) in [6, 6.07) is 10.5. The topological polar surface area (TPSA) is 59.5 Å². The van der Waals surface area contributed by atoms with Crippen LogP contribution in [0.4, 0.5) is 0 Å². The van der Waals surface area contributed by atoms with Crippen molar-refractivity contribution in [2.75, 3.05) is 0 Å². The summed E-state index contributed by atoms with van der Waals surface area (Å²) in [6.45, 7) is 4.65. The summed E-state index contributed by atoms with van der Waals surface area (Å²) in [4.78, 5) is 12.2. The highest BCUT2D eigenvalue weighted by molar-refractivity contribution is 6.35. The molecule has 1 aromatic carbocycles. The van der Waals surface area contributed by atoms with Crippen LogP contribution in [-0.4, -0.2) is 16.7 Å². The Balaban J connectivity index is 1.73. The van der Waals surface area contributed by atoms with Crippen molar-refractivity contribution in [3.05, 3.63) is 81.0 Å². The molecular formula is C19H17Cl2N3O2. The Hall–Kier alpha value is -2.50. The van der Waals surface area contributed by atoms with Gasteiger partial charge in [0.25, 0.3) is 5.91 Å². The molecule has 3 aromatic rings. The largest absolute Gasteiger partial charge is 0.467 e. The molecule has 0 bridgehead atoms. The summed E-state index contributed by atoms with van der Waals surface area (Å²) >= 11 is 11.9. The van der Waals surface area contributed by atoms with E-state index in [9.17, 15) is 4.79 Å². The fourth-order valence-corrected chi connectivity index (χ4v) is 3.03. The number of hydrogen-bond donors (Lipinski definition) is 1. The zero-order valence-electron chi connectivity index (χ0n) is 14.3. The summed E-state index contributed by atoms with van der Waals surface area (Å²) in [6.07, 6.45) is 3.26. The highest BCUT2D eigenvalue weighted by Crippen LogP contribution is 2.20. The van der Waals surface area contributed by atoms with Crippen molar-refractivity contribution < 1.29 is 9.21 Å². The molecule has 0 atom stereocenters. The number of benzene rings is 1. The van der Waals surface area contributed by atoms with Crippen LogP contribution in [0.3, 0.4) is 0 Å². The van der Waals surface area contributed by atoms with Crippen molar-refractivity contribution >= 4 is 35.3 Å². The molecule has 26 heavy (non-hydrogen) atoms. The van der Waals surface area contributed by atoms with Gasteiger partial charge < -0.3 is 8.98 Å². The van der Waals surface area contributed by atoms with E-state index < -0.39 is 5.91 Å². The van der Waals surface area contributed by atoms with E-state index >= 15 is 0 Å². The van der Waals surface area contributed by atoms with Crippen LogP contribution in [0.15, 0.2) is 52.2 Å². The zero-order chi connectivity index (χ0) is 18.7. The van der Waals surface area contributed by atoms with Crippen molar-refractivity contribution in [3.63, 3.8) is 0 Å². The number of hydrogen-bond acceptors (Lipinski definition) is 3. The lowest BCUT2D eigenvalue weighted by molar-refractivity contribution is 0.0955. The van der Waals surface area contributed by atoms with Crippen molar-refractivity contribution in [1.82, 2.24) is 9.99 Å². The van der Waals surface area contributed by atoms with Crippen LogP contribution in [0.25, 0.3) is 0 Å². The quantitative estimate of drug-likeness (QED) is 0.502. The number of halogens is 2. The van der Waals surface area contributed by atoms with Crippen molar-refractivity contribution in [2.45, 2.75) is 20.4 Å². The van der Waals surface area contributed by atoms with Gasteiger partial charge in [-0.1, -0.05) is 23.2 Å². The van der Waals surface area contributed by atoms with E-state index in [0.717, 1.165) is 22.7 Å². The number of hydrazone groups is 1. The maximum atomic E-state index is 12.2. The smallest absolute Gasteiger partial charge is 0.272 e. The minimum Gasteiger partial charge on any atom is -0.467 e. The van der Waals surface area contributed by atoms with Gasteiger partial charge in [0.2, 0.25) is 0 Å². The molecule has 0 saturated heterocycles. The summed E-state index contributed by atoms with van der Waals surface area (Å²) in [5, 5.41) is 4.79. The molecule has 5 nitrogen and oxygen atoms in total. The van der Waals surface area contributed by atoms with Gasteiger partial charge in [-0.2, -0.15) is 5.10 Å². The van der Waals surface area contributed by atoms with Gasteiger partial charge >= 0.3 is 0 Å². The van der Waals surface area contributed by atoms with Crippen LogP contribution in [0.5, 0.6) is 0 Å². The predicted octanol–water partition coefficient (Wildman–Crippen LogP) is 4.82. The third-order valence-electron chi connectivity index (χ3n) is 4.05. The molecule has 0 spiro atoms. The van der Waals surface area contributed by atoms with Crippen molar-refractivity contribution in [1.29, 1.82) is 0 Å². The first-order valence-electron chi connectivity index (χ1n) is 7.93. The molecule has 1 N–H and O–H groups in total. The minimum atomic E-state index is -0.418. The third-order valence-corrected chi connectivity index (χ3v) is 4.61. The van der Waals surface area contributed by atoms with Crippen LogP contribution in [-0.2, 0) is 6.54 Å². The van der Waals surface area contributed by atoms with E-state index in [1.165, 1.54) is 6.07 Å². The molecule has 2 heterocycles. The van der Waals surface area contributed by atoms with E-state index in [1.54, 1.807) is 24.6 Å². The highest BCUT2D eigenvalue weighted by Gasteiger charge is 2.11.